The third kappa shape index (κ3) is 2.11. The van der Waals surface area contributed by atoms with E-state index < -0.39 is 0 Å². The zero-order valence-corrected chi connectivity index (χ0v) is 10.2. The average molecular weight is 248 g/mol. The first-order chi connectivity index (χ1) is 8.22. The van der Waals surface area contributed by atoms with E-state index >= 15 is 0 Å². The molecule has 1 unspecified atom stereocenters. The van der Waals surface area contributed by atoms with E-state index in [9.17, 15) is 0 Å². The SMILES string of the molecule is NC1C=C(c2cc3cc(Cl)ccc3o2)CCC1. The smallest absolute Gasteiger partial charge is 0.134 e. The Morgan fingerprint density at radius 1 is 1.29 bits per heavy atom. The lowest BCUT2D eigenvalue weighted by molar-refractivity contribution is 0.581. The van der Waals surface area contributed by atoms with E-state index in [0.29, 0.717) is 0 Å². The molecule has 2 aromatic rings. The molecule has 0 spiro atoms. The Kier molecular flexibility index (Phi) is 2.69. The summed E-state index contributed by atoms with van der Waals surface area (Å²) in [4.78, 5) is 0. The molecular formula is C14H14ClNO. The van der Waals surface area contributed by atoms with Gasteiger partial charge in [-0.05, 0) is 49.1 Å². The van der Waals surface area contributed by atoms with Crippen molar-refractivity contribution in [2.45, 2.75) is 25.3 Å². The molecule has 1 aromatic heterocycles. The van der Waals surface area contributed by atoms with Crippen LogP contribution in [0, 0.1) is 0 Å². The van der Waals surface area contributed by atoms with E-state index in [4.69, 9.17) is 21.8 Å². The number of fused-ring (bicyclic) bond motifs is 1. The number of allylic oxidation sites excluding steroid dienone is 1. The molecule has 3 rings (SSSR count). The number of rotatable bonds is 1. The molecule has 0 aliphatic heterocycles. The number of halogens is 1. The number of hydrogen-bond donors (Lipinski definition) is 1. The zero-order chi connectivity index (χ0) is 11.8. The first kappa shape index (κ1) is 10.9. The van der Waals surface area contributed by atoms with Crippen molar-refractivity contribution in [2.24, 2.45) is 5.73 Å². The molecular weight excluding hydrogens is 234 g/mol. The standard InChI is InChI=1S/C14H14ClNO/c15-11-4-5-13-10(6-11)8-14(17-13)9-2-1-3-12(16)7-9/h4-8,12H,1-3,16H2. The molecule has 1 atom stereocenters. The van der Waals surface area contributed by atoms with Crippen molar-refractivity contribution in [1.82, 2.24) is 0 Å². The largest absolute Gasteiger partial charge is 0.456 e. The third-order valence-electron chi connectivity index (χ3n) is 3.19. The summed E-state index contributed by atoms with van der Waals surface area (Å²) in [5.41, 5.74) is 8.04. The van der Waals surface area contributed by atoms with Crippen molar-refractivity contribution in [3.63, 3.8) is 0 Å². The van der Waals surface area contributed by atoms with E-state index in [1.807, 2.05) is 24.3 Å². The van der Waals surface area contributed by atoms with Gasteiger partial charge in [-0.2, -0.15) is 0 Å². The second-order valence-electron chi connectivity index (χ2n) is 4.54. The lowest BCUT2D eigenvalue weighted by Crippen LogP contribution is -2.19. The maximum Gasteiger partial charge on any atom is 0.134 e. The van der Waals surface area contributed by atoms with Crippen LogP contribution in [0.1, 0.15) is 25.0 Å². The van der Waals surface area contributed by atoms with Gasteiger partial charge in [0.2, 0.25) is 0 Å². The van der Waals surface area contributed by atoms with Crippen LogP contribution in [0.3, 0.4) is 0 Å². The maximum absolute atomic E-state index is 5.96. The van der Waals surface area contributed by atoms with Gasteiger partial charge >= 0.3 is 0 Å². The summed E-state index contributed by atoms with van der Waals surface area (Å²) in [5, 5.41) is 1.78. The van der Waals surface area contributed by atoms with Crippen LogP contribution in [0.5, 0.6) is 0 Å². The van der Waals surface area contributed by atoms with E-state index in [-0.39, 0.29) is 6.04 Å². The van der Waals surface area contributed by atoms with Gasteiger partial charge < -0.3 is 10.2 Å². The molecule has 1 aromatic carbocycles. The van der Waals surface area contributed by atoms with Gasteiger partial charge in [-0.3, -0.25) is 0 Å². The zero-order valence-electron chi connectivity index (χ0n) is 9.45. The van der Waals surface area contributed by atoms with Crippen molar-refractivity contribution >= 4 is 28.1 Å². The average Bonchev–Trinajstić information content (AvgIpc) is 2.72. The molecule has 88 valence electrons. The monoisotopic (exact) mass is 247 g/mol. The van der Waals surface area contributed by atoms with Crippen molar-refractivity contribution in [3.8, 4) is 0 Å². The predicted molar refractivity (Wildman–Crippen MR) is 71.0 cm³/mol. The van der Waals surface area contributed by atoms with Crippen molar-refractivity contribution in [2.75, 3.05) is 0 Å². The summed E-state index contributed by atoms with van der Waals surface area (Å²) in [7, 11) is 0. The van der Waals surface area contributed by atoms with Crippen LogP contribution in [-0.2, 0) is 0 Å². The van der Waals surface area contributed by atoms with Crippen LogP contribution in [0.2, 0.25) is 5.02 Å². The van der Waals surface area contributed by atoms with Gasteiger partial charge in [0, 0.05) is 16.5 Å². The highest BCUT2D eigenvalue weighted by Crippen LogP contribution is 2.31. The second kappa shape index (κ2) is 4.21. The van der Waals surface area contributed by atoms with Crippen molar-refractivity contribution in [1.29, 1.82) is 0 Å². The van der Waals surface area contributed by atoms with E-state index in [0.717, 1.165) is 41.0 Å². The molecule has 1 heterocycles. The molecule has 0 fully saturated rings. The minimum atomic E-state index is 0.163. The van der Waals surface area contributed by atoms with Gasteiger partial charge in [-0.15, -0.1) is 0 Å². The second-order valence-corrected chi connectivity index (χ2v) is 4.98. The van der Waals surface area contributed by atoms with Gasteiger partial charge in [0.1, 0.15) is 11.3 Å². The highest BCUT2D eigenvalue weighted by atomic mass is 35.5. The Balaban J connectivity index is 2.06. The number of benzene rings is 1. The fraction of sp³-hybridized carbons (Fsp3) is 0.286. The lowest BCUT2D eigenvalue weighted by Gasteiger charge is -2.15. The van der Waals surface area contributed by atoms with Gasteiger partial charge in [-0.25, -0.2) is 0 Å². The molecule has 3 heteroatoms. The van der Waals surface area contributed by atoms with Crippen LogP contribution >= 0.6 is 11.6 Å². The molecule has 1 aliphatic carbocycles. The fourth-order valence-corrected chi connectivity index (χ4v) is 2.51. The molecule has 2 N–H and O–H groups in total. The lowest BCUT2D eigenvalue weighted by atomic mass is 9.95. The van der Waals surface area contributed by atoms with Crippen LogP contribution in [-0.4, -0.2) is 6.04 Å². The predicted octanol–water partition coefficient (Wildman–Crippen LogP) is 3.98. The summed E-state index contributed by atoms with van der Waals surface area (Å²) in [6.45, 7) is 0. The summed E-state index contributed by atoms with van der Waals surface area (Å²) >= 11 is 5.96. The fourth-order valence-electron chi connectivity index (χ4n) is 2.33. The first-order valence-electron chi connectivity index (χ1n) is 5.88. The number of furan rings is 1. The van der Waals surface area contributed by atoms with Crippen LogP contribution in [0.4, 0.5) is 0 Å². The van der Waals surface area contributed by atoms with E-state index in [1.165, 1.54) is 5.57 Å². The highest BCUT2D eigenvalue weighted by Gasteiger charge is 2.14. The molecule has 0 bridgehead atoms. The Labute approximate surface area is 105 Å². The third-order valence-corrected chi connectivity index (χ3v) is 3.43. The van der Waals surface area contributed by atoms with Gasteiger partial charge in [0.05, 0.1) is 0 Å². The van der Waals surface area contributed by atoms with E-state index in [1.54, 1.807) is 0 Å². The van der Waals surface area contributed by atoms with Gasteiger partial charge in [0.15, 0.2) is 0 Å². The van der Waals surface area contributed by atoms with Crippen molar-refractivity contribution < 1.29 is 4.42 Å². The molecule has 0 saturated heterocycles. The quantitative estimate of drug-likeness (QED) is 0.828. The molecule has 17 heavy (non-hydrogen) atoms. The summed E-state index contributed by atoms with van der Waals surface area (Å²) in [5.74, 6) is 0.928. The minimum absolute atomic E-state index is 0.163. The topological polar surface area (TPSA) is 39.2 Å². The molecule has 2 nitrogen and oxygen atoms in total. The van der Waals surface area contributed by atoms with Crippen LogP contribution < -0.4 is 5.73 Å². The normalized spacial score (nSPS) is 20.6. The Morgan fingerprint density at radius 3 is 3.00 bits per heavy atom. The molecule has 0 amide bonds. The maximum atomic E-state index is 5.96. The van der Waals surface area contributed by atoms with Gasteiger partial charge in [-0.1, -0.05) is 17.7 Å². The van der Waals surface area contributed by atoms with Gasteiger partial charge in [0.25, 0.3) is 0 Å². The Hall–Kier alpha value is -1.25. The highest BCUT2D eigenvalue weighted by molar-refractivity contribution is 6.31. The minimum Gasteiger partial charge on any atom is -0.456 e. The summed E-state index contributed by atoms with van der Waals surface area (Å²) in [6, 6.07) is 7.89. The number of hydrogen-bond acceptors (Lipinski definition) is 2. The number of nitrogens with two attached hydrogens (primary N) is 1. The summed E-state index contributed by atoms with van der Waals surface area (Å²) < 4.78 is 5.83. The molecule has 0 saturated carbocycles. The first-order valence-corrected chi connectivity index (χ1v) is 6.26. The summed E-state index contributed by atoms with van der Waals surface area (Å²) in [6.07, 6.45) is 5.35. The Bertz CT molecular complexity index is 585. The van der Waals surface area contributed by atoms with E-state index in [2.05, 4.69) is 6.08 Å². The van der Waals surface area contributed by atoms with Crippen LogP contribution in [0.15, 0.2) is 34.8 Å². The Morgan fingerprint density at radius 2 is 2.18 bits per heavy atom. The van der Waals surface area contributed by atoms with Crippen molar-refractivity contribution in [3.05, 3.63) is 41.1 Å². The molecule has 1 aliphatic rings. The van der Waals surface area contributed by atoms with Crippen LogP contribution in [0.25, 0.3) is 16.5 Å². The molecule has 0 radical (unpaired) electrons.